The number of phenolic OH excluding ortho intramolecular Hbond substituents is 2. The van der Waals surface area contributed by atoms with E-state index < -0.39 is 5.91 Å². The van der Waals surface area contributed by atoms with Crippen molar-refractivity contribution in [1.82, 2.24) is 5.43 Å². The number of furan rings is 1. The lowest BCUT2D eigenvalue weighted by Gasteiger charge is -1.98. The summed E-state index contributed by atoms with van der Waals surface area (Å²) < 4.78 is 5.12. The summed E-state index contributed by atoms with van der Waals surface area (Å²) in [5.74, 6) is -0.127. The molecule has 0 aliphatic rings. The minimum absolute atomic E-state index is 0.170. The van der Waals surface area contributed by atoms with Gasteiger partial charge in [-0.3, -0.25) is 4.79 Å². The molecule has 0 unspecified atom stereocenters. The van der Waals surface area contributed by atoms with Crippen molar-refractivity contribution in [3.8, 4) is 11.5 Å². The van der Waals surface area contributed by atoms with Crippen molar-refractivity contribution >= 4 is 12.1 Å². The molecule has 1 aromatic carbocycles. The van der Waals surface area contributed by atoms with Gasteiger partial charge in [-0.2, -0.15) is 5.10 Å². The maximum absolute atomic E-state index is 11.6. The van der Waals surface area contributed by atoms with E-state index >= 15 is 0 Å². The summed E-state index contributed by atoms with van der Waals surface area (Å²) in [6.07, 6.45) is 1.34. The molecule has 6 nitrogen and oxygen atoms in total. The Morgan fingerprint density at radius 1 is 1.26 bits per heavy atom. The molecule has 0 bridgehead atoms. The molecule has 1 amide bonds. The van der Waals surface area contributed by atoms with Crippen molar-refractivity contribution in [1.29, 1.82) is 0 Å². The lowest BCUT2D eigenvalue weighted by molar-refractivity contribution is 0.0926. The van der Waals surface area contributed by atoms with Crippen molar-refractivity contribution in [2.75, 3.05) is 0 Å². The van der Waals surface area contributed by atoms with Gasteiger partial charge in [0.05, 0.1) is 6.21 Å². The summed E-state index contributed by atoms with van der Waals surface area (Å²) in [7, 11) is 0. The van der Waals surface area contributed by atoms with Gasteiger partial charge in [0.15, 0.2) is 17.3 Å². The van der Waals surface area contributed by atoms with Crippen LogP contribution in [0.3, 0.4) is 0 Å². The second kappa shape index (κ2) is 5.26. The van der Waals surface area contributed by atoms with Gasteiger partial charge in [0.25, 0.3) is 0 Å². The number of amides is 1. The molecule has 0 fully saturated rings. The summed E-state index contributed by atoms with van der Waals surface area (Å²) in [5.41, 5.74) is 2.82. The standard InChI is InChI=1S/C13H12N2O4/c1-8-2-5-12(19-8)13(18)15-14-7-9-3-4-10(16)11(17)6-9/h2-7,16-17H,1H3,(H,15,18). The number of benzene rings is 1. The number of nitrogens with zero attached hydrogens (tertiary/aromatic N) is 1. The van der Waals surface area contributed by atoms with Crippen LogP contribution in [0.25, 0.3) is 0 Å². The van der Waals surface area contributed by atoms with Crippen molar-refractivity contribution in [2.45, 2.75) is 6.92 Å². The molecule has 19 heavy (non-hydrogen) atoms. The minimum Gasteiger partial charge on any atom is -0.504 e. The van der Waals surface area contributed by atoms with E-state index in [4.69, 9.17) is 9.52 Å². The first kappa shape index (κ1) is 12.7. The number of carbonyl (C=O) groups excluding carboxylic acids is 1. The first-order chi connectivity index (χ1) is 9.06. The smallest absolute Gasteiger partial charge is 0.307 e. The highest BCUT2D eigenvalue weighted by Gasteiger charge is 2.08. The van der Waals surface area contributed by atoms with Gasteiger partial charge < -0.3 is 14.6 Å². The highest BCUT2D eigenvalue weighted by molar-refractivity contribution is 5.92. The van der Waals surface area contributed by atoms with Gasteiger partial charge in [0.1, 0.15) is 5.76 Å². The molecule has 2 aromatic rings. The van der Waals surface area contributed by atoms with E-state index in [1.54, 1.807) is 25.1 Å². The Balaban J connectivity index is 2.00. The van der Waals surface area contributed by atoms with Gasteiger partial charge >= 0.3 is 5.91 Å². The molecule has 1 heterocycles. The Labute approximate surface area is 109 Å². The Hall–Kier alpha value is -2.76. The fourth-order valence-corrected chi connectivity index (χ4v) is 1.40. The average Bonchev–Trinajstić information content (AvgIpc) is 2.80. The number of aryl methyl sites for hydroxylation is 1. The number of hydrazone groups is 1. The van der Waals surface area contributed by atoms with Crippen molar-refractivity contribution in [3.63, 3.8) is 0 Å². The zero-order valence-electron chi connectivity index (χ0n) is 10.1. The van der Waals surface area contributed by atoms with E-state index in [2.05, 4.69) is 10.5 Å². The molecule has 0 spiro atoms. The third kappa shape index (κ3) is 3.12. The summed E-state index contributed by atoms with van der Waals surface area (Å²) in [4.78, 5) is 11.6. The average molecular weight is 260 g/mol. The van der Waals surface area contributed by atoms with Crippen LogP contribution in [0.15, 0.2) is 39.9 Å². The second-order valence-corrected chi connectivity index (χ2v) is 3.86. The van der Waals surface area contributed by atoms with E-state index in [9.17, 15) is 9.90 Å². The van der Waals surface area contributed by atoms with E-state index in [1.807, 2.05) is 0 Å². The van der Waals surface area contributed by atoms with Crippen LogP contribution in [0.1, 0.15) is 21.9 Å². The van der Waals surface area contributed by atoms with Crippen LogP contribution in [0.4, 0.5) is 0 Å². The van der Waals surface area contributed by atoms with Gasteiger partial charge in [-0.25, -0.2) is 5.43 Å². The number of carbonyl (C=O) groups is 1. The molecule has 0 radical (unpaired) electrons. The van der Waals surface area contributed by atoms with Crippen molar-refractivity contribution in [2.24, 2.45) is 5.10 Å². The summed E-state index contributed by atoms with van der Waals surface area (Å²) in [6, 6.07) is 7.42. The summed E-state index contributed by atoms with van der Waals surface area (Å²) in [6.45, 7) is 1.74. The van der Waals surface area contributed by atoms with Gasteiger partial charge in [-0.05, 0) is 42.8 Å². The van der Waals surface area contributed by atoms with E-state index in [0.29, 0.717) is 11.3 Å². The third-order valence-electron chi connectivity index (χ3n) is 2.34. The topological polar surface area (TPSA) is 95.1 Å². The fourth-order valence-electron chi connectivity index (χ4n) is 1.40. The highest BCUT2D eigenvalue weighted by atomic mass is 16.3. The van der Waals surface area contributed by atoms with Crippen LogP contribution in [-0.2, 0) is 0 Å². The summed E-state index contributed by atoms with van der Waals surface area (Å²) >= 11 is 0. The molecule has 0 saturated heterocycles. The van der Waals surface area contributed by atoms with Gasteiger partial charge in [-0.1, -0.05) is 0 Å². The molecule has 0 aliphatic carbocycles. The third-order valence-corrected chi connectivity index (χ3v) is 2.34. The molecule has 2 rings (SSSR count). The van der Waals surface area contributed by atoms with Gasteiger partial charge in [-0.15, -0.1) is 0 Å². The van der Waals surface area contributed by atoms with Crippen LogP contribution in [0, 0.1) is 6.92 Å². The lowest BCUT2D eigenvalue weighted by Crippen LogP contribution is -2.16. The highest BCUT2D eigenvalue weighted by Crippen LogP contribution is 2.23. The molecule has 0 aliphatic heterocycles. The quantitative estimate of drug-likeness (QED) is 0.445. The van der Waals surface area contributed by atoms with Crippen LogP contribution >= 0.6 is 0 Å². The Morgan fingerprint density at radius 3 is 2.68 bits per heavy atom. The van der Waals surface area contributed by atoms with E-state index in [1.165, 1.54) is 18.3 Å². The van der Waals surface area contributed by atoms with Gasteiger partial charge in [0, 0.05) is 0 Å². The fraction of sp³-hybridized carbons (Fsp3) is 0.0769. The number of rotatable bonds is 3. The van der Waals surface area contributed by atoms with Gasteiger partial charge in [0.2, 0.25) is 0 Å². The molecular weight excluding hydrogens is 248 g/mol. The predicted octanol–water partition coefficient (Wildman–Crippen LogP) is 1.76. The van der Waals surface area contributed by atoms with Crippen molar-refractivity contribution < 1.29 is 19.4 Å². The Kier molecular flexibility index (Phi) is 3.51. The normalized spacial score (nSPS) is 10.8. The molecule has 0 atom stereocenters. The SMILES string of the molecule is Cc1ccc(C(=O)NN=Cc2ccc(O)c(O)c2)o1. The molecule has 6 heteroatoms. The number of hydrogen-bond donors (Lipinski definition) is 3. The van der Waals surface area contributed by atoms with Crippen LogP contribution in [0.5, 0.6) is 11.5 Å². The van der Waals surface area contributed by atoms with Crippen molar-refractivity contribution in [3.05, 3.63) is 47.4 Å². The second-order valence-electron chi connectivity index (χ2n) is 3.86. The minimum atomic E-state index is -0.465. The zero-order chi connectivity index (χ0) is 13.8. The van der Waals surface area contributed by atoms with E-state index in [0.717, 1.165) is 0 Å². The molecule has 3 N–H and O–H groups in total. The molecule has 1 aromatic heterocycles. The largest absolute Gasteiger partial charge is 0.504 e. The maximum Gasteiger partial charge on any atom is 0.307 e. The van der Waals surface area contributed by atoms with E-state index in [-0.39, 0.29) is 17.3 Å². The number of aromatic hydroxyl groups is 2. The molecular formula is C13H12N2O4. The Bertz CT molecular complexity index is 631. The molecule has 0 saturated carbocycles. The number of hydrogen-bond acceptors (Lipinski definition) is 5. The first-order valence-electron chi connectivity index (χ1n) is 5.48. The van der Waals surface area contributed by atoms with Crippen LogP contribution < -0.4 is 5.43 Å². The zero-order valence-corrected chi connectivity index (χ0v) is 10.1. The van der Waals surface area contributed by atoms with Crippen LogP contribution in [-0.4, -0.2) is 22.3 Å². The van der Waals surface area contributed by atoms with Crippen LogP contribution in [0.2, 0.25) is 0 Å². The number of nitrogens with one attached hydrogen (secondary N) is 1. The monoisotopic (exact) mass is 260 g/mol. The first-order valence-corrected chi connectivity index (χ1v) is 5.48. The Morgan fingerprint density at radius 2 is 2.05 bits per heavy atom. The predicted molar refractivity (Wildman–Crippen MR) is 68.3 cm³/mol. The summed E-state index contributed by atoms with van der Waals surface area (Å²) in [5, 5.41) is 22.1. The maximum atomic E-state index is 11.6. The number of phenols is 2. The molecule has 98 valence electrons. The lowest BCUT2D eigenvalue weighted by atomic mass is 10.2.